The zero-order chi connectivity index (χ0) is 11.3. The van der Waals surface area contributed by atoms with Gasteiger partial charge in [0.25, 0.3) is 0 Å². The number of hydrogen-bond acceptors (Lipinski definition) is 2. The molecule has 0 amide bonds. The van der Waals surface area contributed by atoms with E-state index in [1.54, 1.807) is 12.2 Å². The number of halogens is 1. The molecule has 0 aromatic heterocycles. The Morgan fingerprint density at radius 1 is 1.73 bits per heavy atom. The summed E-state index contributed by atoms with van der Waals surface area (Å²) in [6.45, 7) is 5.90. The van der Waals surface area contributed by atoms with Gasteiger partial charge >= 0.3 is 0 Å². The van der Waals surface area contributed by atoms with Crippen molar-refractivity contribution >= 4 is 6.29 Å². The summed E-state index contributed by atoms with van der Waals surface area (Å²) in [5, 5.41) is 0. The lowest BCUT2D eigenvalue weighted by atomic mass is 10.1. The first kappa shape index (κ1) is 11.4. The number of allylic oxidation sites excluding steroid dienone is 6. The first-order chi connectivity index (χ1) is 7.19. The van der Waals surface area contributed by atoms with Crippen LogP contribution in [0, 0.1) is 0 Å². The Morgan fingerprint density at radius 3 is 3.07 bits per heavy atom. The highest BCUT2D eigenvalue weighted by Gasteiger charge is 2.11. The standard InChI is InChI=1S/C12H13FO2/c1-3-15-9(2)11-6-4-5-10(8-14)7-12(11)13/h4-5,7-8H,2-3,6H2,1H3. The number of aldehydes is 1. The van der Waals surface area contributed by atoms with E-state index in [9.17, 15) is 9.18 Å². The van der Waals surface area contributed by atoms with Crippen LogP contribution in [-0.2, 0) is 9.53 Å². The van der Waals surface area contributed by atoms with E-state index in [4.69, 9.17) is 4.74 Å². The SMILES string of the molecule is C=C(OCC)C1=C(F)C=C(C=O)C=CC1. The lowest BCUT2D eigenvalue weighted by molar-refractivity contribution is -0.104. The van der Waals surface area contributed by atoms with Crippen molar-refractivity contribution in [1.82, 2.24) is 0 Å². The Hall–Kier alpha value is -1.64. The van der Waals surface area contributed by atoms with Crippen molar-refractivity contribution in [3.05, 3.63) is 47.5 Å². The van der Waals surface area contributed by atoms with E-state index in [1.165, 1.54) is 6.08 Å². The van der Waals surface area contributed by atoms with Gasteiger partial charge in [0, 0.05) is 11.1 Å². The number of carbonyl (C=O) groups excluding carboxylic acids is 1. The van der Waals surface area contributed by atoms with Gasteiger partial charge in [-0.15, -0.1) is 0 Å². The third-order valence-corrected chi connectivity index (χ3v) is 2.01. The van der Waals surface area contributed by atoms with E-state index in [-0.39, 0.29) is 0 Å². The minimum absolute atomic E-state index is 0.312. The van der Waals surface area contributed by atoms with Gasteiger partial charge in [-0.05, 0) is 19.4 Å². The Morgan fingerprint density at radius 2 is 2.47 bits per heavy atom. The molecular formula is C12H13FO2. The van der Waals surface area contributed by atoms with E-state index in [2.05, 4.69) is 6.58 Å². The summed E-state index contributed by atoms with van der Waals surface area (Å²) < 4.78 is 18.7. The van der Waals surface area contributed by atoms with Gasteiger partial charge < -0.3 is 4.74 Å². The van der Waals surface area contributed by atoms with E-state index in [0.29, 0.717) is 36.2 Å². The first-order valence-corrected chi connectivity index (χ1v) is 4.73. The Kier molecular flexibility index (Phi) is 4.03. The number of ether oxygens (including phenoxy) is 1. The molecule has 0 N–H and O–H groups in total. The minimum atomic E-state index is -0.458. The summed E-state index contributed by atoms with van der Waals surface area (Å²) in [6, 6.07) is 0. The summed E-state index contributed by atoms with van der Waals surface area (Å²) in [7, 11) is 0. The van der Waals surface area contributed by atoms with Crippen molar-refractivity contribution < 1.29 is 13.9 Å². The van der Waals surface area contributed by atoms with Gasteiger partial charge in [0.1, 0.15) is 17.9 Å². The van der Waals surface area contributed by atoms with Gasteiger partial charge in [0.2, 0.25) is 0 Å². The molecule has 15 heavy (non-hydrogen) atoms. The fraction of sp³-hybridized carbons (Fsp3) is 0.250. The molecule has 0 spiro atoms. The monoisotopic (exact) mass is 208 g/mol. The van der Waals surface area contributed by atoms with Gasteiger partial charge in [0.05, 0.1) is 6.61 Å². The molecule has 0 fully saturated rings. The Balaban J connectivity index is 2.98. The molecule has 2 nitrogen and oxygen atoms in total. The van der Waals surface area contributed by atoms with Crippen LogP contribution in [0.5, 0.6) is 0 Å². The maximum atomic E-state index is 13.6. The zero-order valence-electron chi connectivity index (χ0n) is 8.63. The average Bonchev–Trinajstić information content (AvgIpc) is 2.40. The molecule has 0 bridgehead atoms. The van der Waals surface area contributed by atoms with Crippen LogP contribution in [0.3, 0.4) is 0 Å². The summed E-state index contributed by atoms with van der Waals surface area (Å²) in [6.07, 6.45) is 5.49. The second kappa shape index (κ2) is 5.29. The van der Waals surface area contributed by atoms with Crippen LogP contribution < -0.4 is 0 Å². The molecule has 1 aliphatic rings. The molecule has 0 saturated heterocycles. The molecule has 0 radical (unpaired) electrons. The van der Waals surface area contributed by atoms with E-state index in [0.717, 1.165) is 0 Å². The molecule has 1 aliphatic carbocycles. The van der Waals surface area contributed by atoms with Crippen LogP contribution in [0.25, 0.3) is 0 Å². The van der Waals surface area contributed by atoms with E-state index < -0.39 is 5.83 Å². The van der Waals surface area contributed by atoms with Crippen molar-refractivity contribution in [2.75, 3.05) is 6.61 Å². The summed E-state index contributed by atoms with van der Waals surface area (Å²) in [5.74, 6) is -0.136. The molecular weight excluding hydrogens is 195 g/mol. The third-order valence-electron chi connectivity index (χ3n) is 2.01. The number of carbonyl (C=O) groups is 1. The van der Waals surface area contributed by atoms with Crippen LogP contribution in [0.4, 0.5) is 4.39 Å². The third kappa shape index (κ3) is 2.91. The van der Waals surface area contributed by atoms with Crippen molar-refractivity contribution in [2.24, 2.45) is 0 Å². The number of rotatable bonds is 4. The van der Waals surface area contributed by atoms with Crippen LogP contribution in [0.1, 0.15) is 13.3 Å². The topological polar surface area (TPSA) is 26.3 Å². The fourth-order valence-electron chi connectivity index (χ4n) is 1.27. The highest BCUT2D eigenvalue weighted by atomic mass is 19.1. The molecule has 0 aromatic rings. The van der Waals surface area contributed by atoms with Crippen LogP contribution >= 0.6 is 0 Å². The molecule has 0 heterocycles. The summed E-state index contributed by atoms with van der Waals surface area (Å²) in [4.78, 5) is 10.5. The molecule has 1 rings (SSSR count). The molecule has 80 valence electrons. The van der Waals surface area contributed by atoms with Crippen LogP contribution in [0.2, 0.25) is 0 Å². The summed E-state index contributed by atoms with van der Waals surface area (Å²) in [5.41, 5.74) is 0.705. The summed E-state index contributed by atoms with van der Waals surface area (Å²) >= 11 is 0. The van der Waals surface area contributed by atoms with Gasteiger partial charge in [-0.25, -0.2) is 4.39 Å². The average molecular weight is 208 g/mol. The lowest BCUT2D eigenvalue weighted by Gasteiger charge is -2.09. The maximum Gasteiger partial charge on any atom is 0.150 e. The minimum Gasteiger partial charge on any atom is -0.494 e. The maximum absolute atomic E-state index is 13.6. The van der Waals surface area contributed by atoms with Crippen molar-refractivity contribution in [3.8, 4) is 0 Å². The van der Waals surface area contributed by atoms with Crippen molar-refractivity contribution in [2.45, 2.75) is 13.3 Å². The van der Waals surface area contributed by atoms with E-state index >= 15 is 0 Å². The fourth-order valence-corrected chi connectivity index (χ4v) is 1.27. The predicted molar refractivity (Wildman–Crippen MR) is 56.8 cm³/mol. The highest BCUT2D eigenvalue weighted by molar-refractivity contribution is 5.78. The second-order valence-corrected chi connectivity index (χ2v) is 3.05. The molecule has 3 heteroatoms. The predicted octanol–water partition coefficient (Wildman–Crippen LogP) is 2.85. The highest BCUT2D eigenvalue weighted by Crippen LogP contribution is 2.24. The van der Waals surface area contributed by atoms with Gasteiger partial charge in [-0.2, -0.15) is 0 Å². The molecule has 0 unspecified atom stereocenters. The van der Waals surface area contributed by atoms with Crippen LogP contribution in [-0.4, -0.2) is 12.9 Å². The lowest BCUT2D eigenvalue weighted by Crippen LogP contribution is -1.95. The van der Waals surface area contributed by atoms with Gasteiger partial charge in [-0.1, -0.05) is 18.7 Å². The molecule has 0 aliphatic heterocycles. The van der Waals surface area contributed by atoms with Crippen molar-refractivity contribution in [3.63, 3.8) is 0 Å². The van der Waals surface area contributed by atoms with E-state index in [1.807, 2.05) is 6.92 Å². The van der Waals surface area contributed by atoms with Crippen LogP contribution in [0.15, 0.2) is 47.5 Å². The quantitative estimate of drug-likeness (QED) is 0.524. The molecule has 0 saturated carbocycles. The Labute approximate surface area is 88.4 Å². The largest absolute Gasteiger partial charge is 0.494 e. The molecule has 0 aromatic carbocycles. The zero-order valence-corrected chi connectivity index (χ0v) is 8.63. The first-order valence-electron chi connectivity index (χ1n) is 4.73. The van der Waals surface area contributed by atoms with Gasteiger partial charge in [-0.3, -0.25) is 4.79 Å². The van der Waals surface area contributed by atoms with Crippen molar-refractivity contribution in [1.29, 1.82) is 0 Å². The Bertz CT molecular complexity index is 362. The second-order valence-electron chi connectivity index (χ2n) is 3.05. The molecule has 0 atom stereocenters. The van der Waals surface area contributed by atoms with Gasteiger partial charge in [0.15, 0.2) is 0 Å². The number of hydrogen-bond donors (Lipinski definition) is 0. The normalized spacial score (nSPS) is 15.7. The smallest absolute Gasteiger partial charge is 0.150 e.